The summed E-state index contributed by atoms with van der Waals surface area (Å²) in [5.41, 5.74) is 8.11. The number of hydrogen-bond acceptors (Lipinski definition) is 3. The van der Waals surface area contributed by atoms with Crippen molar-refractivity contribution in [3.63, 3.8) is 0 Å². The Morgan fingerprint density at radius 3 is 2.67 bits per heavy atom. The van der Waals surface area contributed by atoms with Gasteiger partial charge < -0.3 is 10.7 Å². The average Bonchev–Trinajstić information content (AvgIpc) is 2.52. The Kier molecular flexibility index (Phi) is 11.5. The molecule has 90 valence electrons. The first-order valence-corrected chi connectivity index (χ1v) is 5.71. The average molecular weight is 361 g/mol. The van der Waals surface area contributed by atoms with Gasteiger partial charge in [-0.1, -0.05) is 6.92 Å². The fraction of sp³-hybridized carbons (Fsp3) is 0.667. The second-order valence-corrected chi connectivity index (χ2v) is 4.19. The minimum atomic E-state index is 0. The molecule has 1 aromatic heterocycles. The van der Waals surface area contributed by atoms with Crippen LogP contribution in [0.25, 0.3) is 0 Å². The van der Waals surface area contributed by atoms with Crippen molar-refractivity contribution in [3.8, 4) is 0 Å². The summed E-state index contributed by atoms with van der Waals surface area (Å²) in [6.07, 6.45) is 2.79. The van der Waals surface area contributed by atoms with Gasteiger partial charge in [-0.25, -0.2) is 4.98 Å². The van der Waals surface area contributed by atoms with Gasteiger partial charge in [-0.2, -0.15) is 11.8 Å². The second-order valence-electron chi connectivity index (χ2n) is 3.16. The molecule has 0 aliphatic carbocycles. The first-order valence-electron chi connectivity index (χ1n) is 4.56. The number of aryl methyl sites for hydroxylation is 1. The van der Waals surface area contributed by atoms with E-state index in [2.05, 4.69) is 16.9 Å². The fourth-order valence-electron chi connectivity index (χ4n) is 0.957. The van der Waals surface area contributed by atoms with Gasteiger partial charge in [0, 0.05) is 23.2 Å². The largest absolute Gasteiger partial charge is 0.348 e. The number of rotatable bonds is 5. The lowest BCUT2D eigenvalue weighted by Crippen LogP contribution is -2.21. The monoisotopic (exact) mass is 359 g/mol. The van der Waals surface area contributed by atoms with E-state index in [1.165, 1.54) is 0 Å². The van der Waals surface area contributed by atoms with Crippen LogP contribution in [0.4, 0.5) is 0 Å². The molecular formula is C9H19Br2N3S. The topological polar surface area (TPSA) is 54.7 Å². The van der Waals surface area contributed by atoms with Gasteiger partial charge in [0.1, 0.15) is 0 Å². The van der Waals surface area contributed by atoms with E-state index in [1.807, 2.05) is 18.7 Å². The Balaban J connectivity index is 0. The predicted octanol–water partition coefficient (Wildman–Crippen LogP) is 2.84. The van der Waals surface area contributed by atoms with Crippen LogP contribution in [-0.4, -0.2) is 21.8 Å². The molecule has 0 saturated heterocycles. The number of aromatic amines is 1. The number of halogens is 2. The molecule has 0 bridgehead atoms. The van der Waals surface area contributed by atoms with Crippen molar-refractivity contribution in [2.75, 3.05) is 5.75 Å². The van der Waals surface area contributed by atoms with E-state index in [0.29, 0.717) is 6.04 Å². The number of H-pyrrole nitrogens is 1. The highest BCUT2D eigenvalue weighted by Gasteiger charge is 2.03. The van der Waals surface area contributed by atoms with Gasteiger partial charge in [0.2, 0.25) is 0 Å². The zero-order chi connectivity index (χ0) is 9.68. The summed E-state index contributed by atoms with van der Waals surface area (Å²) >= 11 is 1.85. The lowest BCUT2D eigenvalue weighted by Gasteiger charge is -2.06. The molecule has 1 aromatic rings. The summed E-state index contributed by atoms with van der Waals surface area (Å²) in [7, 11) is 0. The smallest absolute Gasteiger partial charge is 0.0925 e. The molecule has 0 radical (unpaired) electrons. The summed E-state index contributed by atoms with van der Waals surface area (Å²) in [5.74, 6) is 1.98. The number of nitrogens with one attached hydrogen (secondary N) is 1. The first-order chi connectivity index (χ1) is 6.24. The predicted molar refractivity (Wildman–Crippen MR) is 78.4 cm³/mol. The molecule has 3 nitrogen and oxygen atoms in total. The second kappa shape index (κ2) is 9.69. The van der Waals surface area contributed by atoms with E-state index < -0.39 is 0 Å². The minimum Gasteiger partial charge on any atom is -0.348 e. The summed E-state index contributed by atoms with van der Waals surface area (Å²) in [4.78, 5) is 7.29. The minimum absolute atomic E-state index is 0. The zero-order valence-corrected chi connectivity index (χ0v) is 13.3. The molecule has 0 spiro atoms. The number of nitrogens with zero attached hydrogens (tertiary/aromatic N) is 1. The summed E-state index contributed by atoms with van der Waals surface area (Å²) < 4.78 is 0. The lowest BCUT2D eigenvalue weighted by atomic mass is 10.3. The van der Waals surface area contributed by atoms with Crippen LogP contribution in [0.1, 0.15) is 24.7 Å². The van der Waals surface area contributed by atoms with Gasteiger partial charge in [-0.15, -0.1) is 34.0 Å². The number of aromatic nitrogens is 2. The molecule has 0 aliphatic rings. The van der Waals surface area contributed by atoms with E-state index in [1.54, 1.807) is 6.33 Å². The van der Waals surface area contributed by atoms with E-state index >= 15 is 0 Å². The summed E-state index contributed by atoms with van der Waals surface area (Å²) in [6.45, 7) is 4.16. The van der Waals surface area contributed by atoms with Gasteiger partial charge in [0.25, 0.3) is 0 Å². The fourth-order valence-corrected chi connectivity index (χ4v) is 2.10. The molecule has 1 unspecified atom stereocenters. The molecule has 0 fully saturated rings. The number of hydrogen-bond donors (Lipinski definition) is 2. The van der Waals surface area contributed by atoms with Crippen LogP contribution in [0.3, 0.4) is 0 Å². The Hall–Kier alpha value is 0.480. The molecule has 15 heavy (non-hydrogen) atoms. The van der Waals surface area contributed by atoms with E-state index in [-0.39, 0.29) is 34.0 Å². The Bertz CT molecular complexity index is 255. The van der Waals surface area contributed by atoms with Crippen molar-refractivity contribution < 1.29 is 0 Å². The third kappa shape index (κ3) is 6.60. The highest BCUT2D eigenvalue weighted by molar-refractivity contribution is 8.93. The normalized spacial score (nSPS) is 11.4. The molecule has 1 atom stereocenters. The molecule has 1 heterocycles. The molecule has 0 amide bonds. The number of thioether (sulfide) groups is 1. The zero-order valence-electron chi connectivity index (χ0n) is 9.03. The Labute approximate surface area is 117 Å². The number of nitrogens with two attached hydrogens (primary N) is 1. The lowest BCUT2D eigenvalue weighted by molar-refractivity contribution is 0.724. The van der Waals surface area contributed by atoms with Crippen molar-refractivity contribution in [2.45, 2.75) is 32.1 Å². The third-order valence-electron chi connectivity index (χ3n) is 2.03. The van der Waals surface area contributed by atoms with Crippen LogP contribution >= 0.6 is 45.7 Å². The van der Waals surface area contributed by atoms with Crippen LogP contribution in [0, 0.1) is 6.92 Å². The van der Waals surface area contributed by atoms with Gasteiger partial charge >= 0.3 is 0 Å². The van der Waals surface area contributed by atoms with Crippen LogP contribution in [0.5, 0.6) is 0 Å². The maximum absolute atomic E-state index is 5.80. The Morgan fingerprint density at radius 2 is 2.20 bits per heavy atom. The van der Waals surface area contributed by atoms with Gasteiger partial charge in [-0.3, -0.25) is 0 Å². The van der Waals surface area contributed by atoms with Crippen LogP contribution in [-0.2, 0) is 5.75 Å². The summed E-state index contributed by atoms with van der Waals surface area (Å²) in [6, 6.07) is 0.323. The van der Waals surface area contributed by atoms with Gasteiger partial charge in [-0.05, 0) is 13.3 Å². The van der Waals surface area contributed by atoms with Crippen LogP contribution in [0.15, 0.2) is 6.33 Å². The maximum Gasteiger partial charge on any atom is 0.0925 e. The van der Waals surface area contributed by atoms with Crippen LogP contribution in [0.2, 0.25) is 0 Å². The quantitative estimate of drug-likeness (QED) is 0.848. The van der Waals surface area contributed by atoms with Gasteiger partial charge in [0.05, 0.1) is 12.0 Å². The maximum atomic E-state index is 5.80. The van der Waals surface area contributed by atoms with Crippen molar-refractivity contribution in [1.82, 2.24) is 9.97 Å². The van der Waals surface area contributed by atoms with E-state index in [9.17, 15) is 0 Å². The van der Waals surface area contributed by atoms with E-state index in [0.717, 1.165) is 29.3 Å². The molecule has 0 saturated carbocycles. The molecular weight excluding hydrogens is 342 g/mol. The SMILES string of the molecule is Br.Br.CCC(N)CSCc1nc[nH]c1C. The standard InChI is InChI=1S/C9H17N3S.2BrH/c1-3-8(10)4-13-5-9-7(2)11-6-12-9;;/h6,8H,3-5,10H2,1-2H3,(H,11,12);2*1H. The molecule has 0 aliphatic heterocycles. The summed E-state index contributed by atoms with van der Waals surface area (Å²) in [5, 5.41) is 0. The molecule has 1 rings (SSSR count). The van der Waals surface area contributed by atoms with Crippen molar-refractivity contribution in [1.29, 1.82) is 0 Å². The van der Waals surface area contributed by atoms with Crippen LogP contribution < -0.4 is 5.73 Å². The van der Waals surface area contributed by atoms with E-state index in [4.69, 9.17) is 5.73 Å². The molecule has 6 heteroatoms. The van der Waals surface area contributed by atoms with Crippen molar-refractivity contribution in [2.24, 2.45) is 5.73 Å². The highest BCUT2D eigenvalue weighted by atomic mass is 79.9. The highest BCUT2D eigenvalue weighted by Crippen LogP contribution is 2.13. The molecule has 3 N–H and O–H groups in total. The molecule has 0 aromatic carbocycles. The van der Waals surface area contributed by atoms with Gasteiger partial charge in [0.15, 0.2) is 0 Å². The third-order valence-corrected chi connectivity index (χ3v) is 3.17. The van der Waals surface area contributed by atoms with Crippen molar-refractivity contribution in [3.05, 3.63) is 17.7 Å². The Morgan fingerprint density at radius 1 is 1.53 bits per heavy atom. The van der Waals surface area contributed by atoms with Crippen molar-refractivity contribution >= 4 is 45.7 Å². The number of imidazole rings is 1. The first kappa shape index (κ1) is 17.9.